The Morgan fingerprint density at radius 2 is 1.95 bits per heavy atom. The van der Waals surface area contributed by atoms with Gasteiger partial charge in [0.25, 0.3) is 5.56 Å². The number of carbonyl (C=O) groups excluding carboxylic acids is 2. The summed E-state index contributed by atoms with van der Waals surface area (Å²) in [7, 11) is 1.62. The van der Waals surface area contributed by atoms with Gasteiger partial charge in [0.1, 0.15) is 23.5 Å². The van der Waals surface area contributed by atoms with Crippen LogP contribution >= 0.6 is 11.8 Å². The molecule has 192 valence electrons. The molecule has 2 fully saturated rings. The van der Waals surface area contributed by atoms with Crippen LogP contribution in [-0.2, 0) is 16.1 Å². The minimum absolute atomic E-state index is 0.00823. The lowest BCUT2D eigenvalue weighted by Crippen LogP contribution is -2.50. The normalized spacial score (nSPS) is 19.9. The van der Waals surface area contributed by atoms with E-state index < -0.39 is 6.09 Å². The number of thioether (sulfide) groups is 1. The zero-order chi connectivity index (χ0) is 25.5. The zero-order valence-electron chi connectivity index (χ0n) is 20.4. The second-order valence-corrected chi connectivity index (χ2v) is 10.6. The molecule has 0 aliphatic carbocycles. The Hall–Kier alpha value is -3.57. The number of hydrogen-bond acceptors (Lipinski definition) is 8. The predicted molar refractivity (Wildman–Crippen MR) is 141 cm³/mol. The Morgan fingerprint density at radius 3 is 2.78 bits per heavy atom. The molecule has 0 unspecified atom stereocenters. The Morgan fingerprint density at radius 1 is 1.11 bits per heavy atom. The molecule has 2 amide bonds. The molecule has 6 rings (SSSR count). The van der Waals surface area contributed by atoms with Crippen LogP contribution in [-0.4, -0.2) is 71.6 Å². The van der Waals surface area contributed by atoms with E-state index in [0.717, 1.165) is 47.6 Å². The Bertz CT molecular complexity index is 1440. The molecule has 0 spiro atoms. The summed E-state index contributed by atoms with van der Waals surface area (Å²) in [6, 6.07) is 12.9. The van der Waals surface area contributed by atoms with Gasteiger partial charge in [-0.3, -0.25) is 14.5 Å². The first-order valence-corrected chi connectivity index (χ1v) is 13.3. The van der Waals surface area contributed by atoms with Crippen LogP contribution in [0.5, 0.6) is 5.75 Å². The average Bonchev–Trinajstić information content (AvgIpc) is 3.25. The molecule has 3 aliphatic rings. The van der Waals surface area contributed by atoms with Crippen molar-refractivity contribution in [1.29, 1.82) is 0 Å². The van der Waals surface area contributed by atoms with Gasteiger partial charge >= 0.3 is 6.09 Å². The van der Waals surface area contributed by atoms with Crippen molar-refractivity contribution < 1.29 is 19.1 Å². The highest BCUT2D eigenvalue weighted by atomic mass is 32.2. The van der Waals surface area contributed by atoms with Crippen LogP contribution in [0.4, 0.5) is 16.4 Å². The van der Waals surface area contributed by atoms with Gasteiger partial charge in [-0.25, -0.2) is 9.78 Å². The Labute approximate surface area is 217 Å². The van der Waals surface area contributed by atoms with E-state index in [0.29, 0.717) is 36.4 Å². The lowest BCUT2D eigenvalue weighted by molar-refractivity contribution is -0.113. The number of rotatable bonds is 7. The smallest absolute Gasteiger partial charge is 0.415 e. The topological polar surface area (TPSA) is 106 Å². The van der Waals surface area contributed by atoms with Crippen molar-refractivity contribution in [1.82, 2.24) is 14.5 Å². The quantitative estimate of drug-likeness (QED) is 0.506. The molecular formula is C26H27N5O5S. The van der Waals surface area contributed by atoms with Crippen molar-refractivity contribution >= 4 is 46.3 Å². The molecule has 0 bridgehead atoms. The lowest BCUT2D eigenvalue weighted by Gasteiger charge is -2.40. The van der Waals surface area contributed by atoms with Crippen molar-refractivity contribution in [2.45, 2.75) is 24.0 Å². The largest absolute Gasteiger partial charge is 0.497 e. The first-order chi connectivity index (χ1) is 18.0. The Balaban J connectivity index is 1.02. The summed E-state index contributed by atoms with van der Waals surface area (Å²) in [5.41, 5.74) is 0.878. The van der Waals surface area contributed by atoms with Crippen LogP contribution < -0.4 is 20.5 Å². The van der Waals surface area contributed by atoms with Gasteiger partial charge in [0, 0.05) is 44.2 Å². The number of fused-ring (bicyclic) bond motifs is 2. The van der Waals surface area contributed by atoms with E-state index in [9.17, 15) is 14.4 Å². The fourth-order valence-corrected chi connectivity index (χ4v) is 5.86. The third-order valence-electron chi connectivity index (χ3n) is 7.05. The summed E-state index contributed by atoms with van der Waals surface area (Å²) < 4.78 is 12.8. The number of cyclic esters (lactones) is 1. The summed E-state index contributed by atoms with van der Waals surface area (Å²) in [6.45, 7) is 3.67. The van der Waals surface area contributed by atoms with Crippen molar-refractivity contribution in [2.24, 2.45) is 5.92 Å². The number of carbonyl (C=O) groups is 2. The minimum Gasteiger partial charge on any atom is -0.497 e. The highest BCUT2D eigenvalue weighted by Crippen LogP contribution is 2.33. The van der Waals surface area contributed by atoms with E-state index in [4.69, 9.17) is 9.47 Å². The molecule has 37 heavy (non-hydrogen) atoms. The summed E-state index contributed by atoms with van der Waals surface area (Å²) in [5.74, 6) is 2.36. The molecule has 2 saturated heterocycles. The number of pyridine rings is 2. The molecule has 2 aromatic heterocycles. The Kier molecular flexibility index (Phi) is 6.25. The molecule has 3 aromatic rings. The number of benzene rings is 1. The van der Waals surface area contributed by atoms with Gasteiger partial charge in [-0.1, -0.05) is 0 Å². The highest BCUT2D eigenvalue weighted by molar-refractivity contribution is 8.00. The number of hydrogen-bond donors (Lipinski definition) is 1. The maximum atomic E-state index is 12.6. The molecule has 10 nitrogen and oxygen atoms in total. The van der Waals surface area contributed by atoms with Crippen LogP contribution in [0, 0.1) is 5.92 Å². The number of aromatic nitrogens is 2. The van der Waals surface area contributed by atoms with Crippen LogP contribution in [0.25, 0.3) is 10.9 Å². The van der Waals surface area contributed by atoms with Crippen molar-refractivity contribution in [3.05, 3.63) is 52.8 Å². The van der Waals surface area contributed by atoms with Gasteiger partial charge in [-0.05, 0) is 42.1 Å². The van der Waals surface area contributed by atoms with E-state index in [1.165, 1.54) is 16.7 Å². The van der Waals surface area contributed by atoms with Crippen molar-refractivity contribution in [3.8, 4) is 5.75 Å². The predicted octanol–water partition coefficient (Wildman–Crippen LogP) is 2.80. The van der Waals surface area contributed by atoms with Crippen molar-refractivity contribution in [2.75, 3.05) is 49.3 Å². The molecule has 0 saturated carbocycles. The number of anilines is 2. The van der Waals surface area contributed by atoms with Gasteiger partial charge in [0.05, 0.1) is 29.8 Å². The first kappa shape index (κ1) is 23.8. The SMILES string of the molecule is COc1ccc2ccc(=O)n(CC3CN(CC[C@@H]4CN(c5ccc6c(n5)NC(=O)CS6)C(=O)O4)C3)c2c1. The van der Waals surface area contributed by atoms with Gasteiger partial charge in [0.15, 0.2) is 0 Å². The number of amides is 2. The monoisotopic (exact) mass is 521 g/mol. The fourth-order valence-electron chi connectivity index (χ4n) is 5.11. The molecular weight excluding hydrogens is 494 g/mol. The number of methoxy groups -OCH3 is 1. The van der Waals surface area contributed by atoms with E-state index in [1.54, 1.807) is 19.2 Å². The third-order valence-corrected chi connectivity index (χ3v) is 8.10. The maximum absolute atomic E-state index is 12.6. The van der Waals surface area contributed by atoms with Gasteiger partial charge in [-0.2, -0.15) is 0 Å². The summed E-state index contributed by atoms with van der Waals surface area (Å²) in [6.07, 6.45) is 0.0822. The van der Waals surface area contributed by atoms with Crippen LogP contribution in [0.2, 0.25) is 0 Å². The fraction of sp³-hybridized carbons (Fsp3) is 0.385. The molecule has 3 aliphatic heterocycles. The summed E-state index contributed by atoms with van der Waals surface area (Å²) in [4.78, 5) is 46.0. The van der Waals surface area contributed by atoms with Crippen LogP contribution in [0.1, 0.15) is 6.42 Å². The molecule has 11 heteroatoms. The van der Waals surface area contributed by atoms with Crippen LogP contribution in [0.15, 0.2) is 52.2 Å². The summed E-state index contributed by atoms with van der Waals surface area (Å²) in [5, 5.41) is 3.77. The third kappa shape index (κ3) is 4.76. The van der Waals surface area contributed by atoms with Gasteiger partial charge in [-0.15, -0.1) is 11.8 Å². The molecule has 5 heterocycles. The second-order valence-electron chi connectivity index (χ2n) is 9.59. The molecule has 1 N–H and O–H groups in total. The molecule has 1 atom stereocenters. The lowest BCUT2D eigenvalue weighted by atomic mass is 9.99. The second kappa shape index (κ2) is 9.71. The van der Waals surface area contributed by atoms with Gasteiger partial charge < -0.3 is 24.3 Å². The number of nitrogens with zero attached hydrogens (tertiary/aromatic N) is 4. The highest BCUT2D eigenvalue weighted by Gasteiger charge is 2.35. The zero-order valence-corrected chi connectivity index (χ0v) is 21.2. The van der Waals surface area contributed by atoms with E-state index >= 15 is 0 Å². The maximum Gasteiger partial charge on any atom is 0.415 e. The van der Waals surface area contributed by atoms with E-state index in [1.807, 2.05) is 34.9 Å². The van der Waals surface area contributed by atoms with E-state index in [2.05, 4.69) is 15.2 Å². The average molecular weight is 522 g/mol. The number of nitrogens with one attached hydrogen (secondary N) is 1. The van der Waals surface area contributed by atoms with Crippen molar-refractivity contribution in [3.63, 3.8) is 0 Å². The molecule has 0 radical (unpaired) electrons. The standard InChI is InChI=1S/C26H27N5O5S/c1-35-18-4-2-17-3-7-24(33)30(20(17)10-18)13-16-11-29(12-16)9-8-19-14-31(26(34)36-19)22-6-5-21-25(27-22)28-23(32)15-37-21/h2-7,10,16,19H,8-9,11-15H2,1H3,(H,27,28,32)/t19-/m1/s1. The molecule has 1 aromatic carbocycles. The minimum atomic E-state index is -0.417. The van der Waals surface area contributed by atoms with E-state index in [-0.39, 0.29) is 17.6 Å². The number of ether oxygens (including phenoxy) is 2. The van der Waals surface area contributed by atoms with Crippen LogP contribution in [0.3, 0.4) is 0 Å². The number of likely N-dealkylation sites (tertiary alicyclic amines) is 1. The summed E-state index contributed by atoms with van der Waals surface area (Å²) >= 11 is 1.43. The first-order valence-electron chi connectivity index (χ1n) is 12.3. The van der Waals surface area contributed by atoms with Gasteiger partial charge in [0.2, 0.25) is 5.91 Å².